The number of rotatable bonds is 5. The topological polar surface area (TPSA) is 106 Å². The third-order valence-electron chi connectivity index (χ3n) is 6.43. The van der Waals surface area contributed by atoms with Crippen LogP contribution in [0.3, 0.4) is 0 Å². The quantitative estimate of drug-likeness (QED) is 0.457. The van der Waals surface area contributed by atoms with Gasteiger partial charge in [-0.1, -0.05) is 35.9 Å². The number of nitrogens with zero attached hydrogens (tertiary/aromatic N) is 4. The van der Waals surface area contributed by atoms with Crippen LogP contribution in [0.4, 0.5) is 5.82 Å². The van der Waals surface area contributed by atoms with E-state index in [1.165, 1.54) is 11.8 Å². The number of halogens is 1. The van der Waals surface area contributed by atoms with Crippen LogP contribution in [0.5, 0.6) is 0 Å². The predicted molar refractivity (Wildman–Crippen MR) is 121 cm³/mol. The summed E-state index contributed by atoms with van der Waals surface area (Å²) in [5.74, 6) is -0.609. The molecule has 2 amide bonds. The van der Waals surface area contributed by atoms with Gasteiger partial charge in [0.15, 0.2) is 5.69 Å². The summed E-state index contributed by atoms with van der Waals surface area (Å²) in [4.78, 5) is 44.6. The SMILES string of the molecule is COC(=O)c1nn(CC(=O)N2[C@@H]3CC[C@@H](C3)[C@H]2C(=O)Nc2cccc(Cl)n2)c2ccccc12. The molecule has 170 valence electrons. The number of benzene rings is 1. The number of methoxy groups -OCH3 is 1. The number of piperidine rings is 1. The minimum absolute atomic E-state index is 0.00692. The van der Waals surface area contributed by atoms with Gasteiger partial charge in [-0.05, 0) is 43.4 Å². The second-order valence-corrected chi connectivity index (χ2v) is 8.71. The molecule has 2 aromatic heterocycles. The number of likely N-dealkylation sites (tertiary alicyclic amines) is 1. The van der Waals surface area contributed by atoms with Gasteiger partial charge in [0.25, 0.3) is 0 Å². The zero-order valence-corrected chi connectivity index (χ0v) is 18.7. The minimum Gasteiger partial charge on any atom is -0.464 e. The Morgan fingerprint density at radius 1 is 1.15 bits per heavy atom. The fourth-order valence-electron chi connectivity index (χ4n) is 5.07. The van der Waals surface area contributed by atoms with Crippen LogP contribution in [0.25, 0.3) is 10.9 Å². The maximum atomic E-state index is 13.5. The molecule has 3 heterocycles. The standard InChI is InChI=1S/C23H22ClN5O4/c1-33-23(32)20-15-5-2-3-6-16(15)28(27-20)12-19(30)29-14-10-9-13(11-14)21(29)22(31)26-18-8-4-7-17(24)25-18/h2-8,13-14,21H,9-12H2,1H3,(H,25,26,31)/t13-,14+,21-/m0/s1. The monoisotopic (exact) mass is 467 g/mol. The van der Waals surface area contributed by atoms with Gasteiger partial charge in [-0.2, -0.15) is 5.10 Å². The highest BCUT2D eigenvalue weighted by molar-refractivity contribution is 6.29. The molecule has 5 rings (SSSR count). The van der Waals surface area contributed by atoms with Crippen LogP contribution in [0.1, 0.15) is 29.8 Å². The van der Waals surface area contributed by atoms with Gasteiger partial charge in [0.2, 0.25) is 11.8 Å². The number of carbonyl (C=O) groups is 3. The summed E-state index contributed by atoms with van der Waals surface area (Å²) in [6.45, 7) is -0.0834. The Hall–Kier alpha value is -3.46. The summed E-state index contributed by atoms with van der Waals surface area (Å²) in [5, 5.41) is 8.04. The fourth-order valence-corrected chi connectivity index (χ4v) is 5.23. The molecule has 1 aromatic carbocycles. The highest BCUT2D eigenvalue weighted by Crippen LogP contribution is 2.43. The highest BCUT2D eigenvalue weighted by Gasteiger charge is 2.51. The second kappa shape index (κ2) is 8.47. The molecule has 2 fully saturated rings. The zero-order chi connectivity index (χ0) is 23.1. The van der Waals surface area contributed by atoms with Gasteiger partial charge in [0.05, 0.1) is 12.6 Å². The molecule has 0 spiro atoms. The lowest BCUT2D eigenvalue weighted by Crippen LogP contribution is -2.52. The van der Waals surface area contributed by atoms with Crippen LogP contribution >= 0.6 is 11.6 Å². The molecular formula is C23H22ClN5O4. The Labute approximate surface area is 194 Å². The number of para-hydroxylation sites is 1. The van der Waals surface area contributed by atoms with Crippen molar-refractivity contribution >= 4 is 46.1 Å². The first-order valence-electron chi connectivity index (χ1n) is 10.7. The van der Waals surface area contributed by atoms with Crippen LogP contribution in [-0.2, 0) is 20.9 Å². The number of nitrogens with one attached hydrogen (secondary N) is 1. The maximum Gasteiger partial charge on any atom is 0.359 e. The first-order valence-corrected chi connectivity index (χ1v) is 11.1. The Morgan fingerprint density at radius 2 is 1.97 bits per heavy atom. The number of ether oxygens (including phenoxy) is 1. The Kier molecular flexibility index (Phi) is 5.49. The number of esters is 1. The third kappa shape index (κ3) is 3.82. The van der Waals surface area contributed by atoms with E-state index >= 15 is 0 Å². The predicted octanol–water partition coefficient (Wildman–Crippen LogP) is 2.89. The van der Waals surface area contributed by atoms with Gasteiger partial charge in [-0.15, -0.1) is 0 Å². The number of hydrogen-bond donors (Lipinski definition) is 1. The van der Waals surface area contributed by atoms with Crippen molar-refractivity contribution in [1.82, 2.24) is 19.7 Å². The lowest BCUT2D eigenvalue weighted by molar-refractivity contribution is -0.141. The Balaban J connectivity index is 1.41. The van der Waals surface area contributed by atoms with Gasteiger partial charge in [0, 0.05) is 11.4 Å². The number of amides is 2. The molecule has 33 heavy (non-hydrogen) atoms. The van der Waals surface area contributed by atoms with Crippen molar-refractivity contribution < 1.29 is 19.1 Å². The largest absolute Gasteiger partial charge is 0.464 e. The second-order valence-electron chi connectivity index (χ2n) is 8.32. The van der Waals surface area contributed by atoms with Crippen molar-refractivity contribution in [2.45, 2.75) is 37.9 Å². The van der Waals surface area contributed by atoms with Crippen molar-refractivity contribution in [3.8, 4) is 0 Å². The summed E-state index contributed by atoms with van der Waals surface area (Å²) in [7, 11) is 1.29. The smallest absolute Gasteiger partial charge is 0.359 e. The molecule has 10 heteroatoms. The molecule has 3 aromatic rings. The van der Waals surface area contributed by atoms with Crippen LogP contribution in [0.15, 0.2) is 42.5 Å². The summed E-state index contributed by atoms with van der Waals surface area (Å²) in [5.41, 5.74) is 0.810. The zero-order valence-electron chi connectivity index (χ0n) is 17.9. The number of anilines is 1. The van der Waals surface area contributed by atoms with Crippen LogP contribution in [0.2, 0.25) is 5.15 Å². The first kappa shape index (κ1) is 21.4. The third-order valence-corrected chi connectivity index (χ3v) is 6.64. The maximum absolute atomic E-state index is 13.5. The molecular weight excluding hydrogens is 446 g/mol. The van der Waals surface area contributed by atoms with Crippen LogP contribution in [-0.4, -0.2) is 56.6 Å². The molecule has 1 saturated carbocycles. The van der Waals surface area contributed by atoms with E-state index in [4.69, 9.17) is 16.3 Å². The Morgan fingerprint density at radius 3 is 2.76 bits per heavy atom. The van der Waals surface area contributed by atoms with E-state index in [-0.39, 0.29) is 41.2 Å². The number of aromatic nitrogens is 3. The molecule has 3 atom stereocenters. The number of carbonyl (C=O) groups excluding carboxylic acids is 3. The van der Waals surface area contributed by atoms with Crippen molar-refractivity contribution in [1.29, 1.82) is 0 Å². The summed E-state index contributed by atoms with van der Waals surface area (Å²) < 4.78 is 6.34. The van der Waals surface area contributed by atoms with Gasteiger partial charge < -0.3 is 15.0 Å². The molecule has 2 aliphatic rings. The van der Waals surface area contributed by atoms with Crippen LogP contribution < -0.4 is 5.32 Å². The molecule has 1 aliphatic carbocycles. The average Bonchev–Trinajstić information content (AvgIpc) is 3.52. The molecule has 1 aliphatic heterocycles. The lowest BCUT2D eigenvalue weighted by atomic mass is 9.97. The van der Waals surface area contributed by atoms with Crippen molar-refractivity contribution in [2.24, 2.45) is 5.92 Å². The molecule has 9 nitrogen and oxygen atoms in total. The van der Waals surface area contributed by atoms with Crippen molar-refractivity contribution in [3.63, 3.8) is 0 Å². The summed E-state index contributed by atoms with van der Waals surface area (Å²) in [6, 6.07) is 11.6. The van der Waals surface area contributed by atoms with Gasteiger partial charge >= 0.3 is 5.97 Å². The number of fused-ring (bicyclic) bond motifs is 3. The molecule has 0 radical (unpaired) electrons. The van der Waals surface area contributed by atoms with E-state index in [1.807, 2.05) is 6.07 Å². The Bertz CT molecular complexity index is 1260. The number of hydrogen-bond acceptors (Lipinski definition) is 6. The first-order chi connectivity index (χ1) is 16.0. The highest BCUT2D eigenvalue weighted by atomic mass is 35.5. The van der Waals surface area contributed by atoms with E-state index in [2.05, 4.69) is 15.4 Å². The molecule has 0 unspecified atom stereocenters. The van der Waals surface area contributed by atoms with E-state index < -0.39 is 12.0 Å². The normalized spacial score (nSPS) is 21.4. The van der Waals surface area contributed by atoms with Crippen molar-refractivity contribution in [2.75, 3.05) is 12.4 Å². The fraction of sp³-hybridized carbons (Fsp3) is 0.348. The van der Waals surface area contributed by atoms with Gasteiger partial charge in [-0.3, -0.25) is 14.3 Å². The summed E-state index contributed by atoms with van der Waals surface area (Å²) in [6.07, 6.45) is 2.55. The van der Waals surface area contributed by atoms with E-state index in [1.54, 1.807) is 41.3 Å². The van der Waals surface area contributed by atoms with Crippen molar-refractivity contribution in [3.05, 3.63) is 53.3 Å². The van der Waals surface area contributed by atoms with E-state index in [0.29, 0.717) is 16.7 Å². The lowest BCUT2D eigenvalue weighted by Gasteiger charge is -2.34. The van der Waals surface area contributed by atoms with Gasteiger partial charge in [-0.25, -0.2) is 9.78 Å². The van der Waals surface area contributed by atoms with E-state index in [9.17, 15) is 14.4 Å². The summed E-state index contributed by atoms with van der Waals surface area (Å²) >= 11 is 5.93. The molecule has 1 N–H and O–H groups in total. The van der Waals surface area contributed by atoms with Crippen LogP contribution in [0, 0.1) is 5.92 Å². The number of pyridine rings is 1. The molecule has 2 bridgehead atoms. The van der Waals surface area contributed by atoms with Gasteiger partial charge in [0.1, 0.15) is 23.6 Å². The van der Waals surface area contributed by atoms with E-state index in [0.717, 1.165) is 19.3 Å². The average molecular weight is 468 g/mol. The molecule has 1 saturated heterocycles. The minimum atomic E-state index is -0.584.